The van der Waals surface area contributed by atoms with Gasteiger partial charge in [-0.2, -0.15) is 0 Å². The van der Waals surface area contributed by atoms with Crippen LogP contribution in [-0.2, 0) is 20.9 Å². The highest BCUT2D eigenvalue weighted by atomic mass is 19.2. The maximum atomic E-state index is 13.9. The molecule has 2 atom stereocenters. The molecule has 8 nitrogen and oxygen atoms in total. The number of halogens is 3. The van der Waals surface area contributed by atoms with E-state index in [1.165, 1.54) is 0 Å². The predicted molar refractivity (Wildman–Crippen MR) is 139 cm³/mol. The number of carbonyl (C=O) groups is 3. The third-order valence-electron chi connectivity index (χ3n) is 7.87. The first-order valence-corrected chi connectivity index (χ1v) is 13.8. The third-order valence-corrected chi connectivity index (χ3v) is 7.87. The van der Waals surface area contributed by atoms with Crippen LogP contribution in [-0.4, -0.2) is 65.1 Å². The zero-order valence-electron chi connectivity index (χ0n) is 23.0. The van der Waals surface area contributed by atoms with E-state index in [0.29, 0.717) is 49.4 Å². The quantitative estimate of drug-likeness (QED) is 0.167. The monoisotopic (exact) mass is 554 g/mol. The van der Waals surface area contributed by atoms with E-state index in [1.807, 2.05) is 20.8 Å². The van der Waals surface area contributed by atoms with Crippen molar-refractivity contribution < 1.29 is 32.8 Å². The lowest BCUT2D eigenvalue weighted by atomic mass is 9.84. The van der Waals surface area contributed by atoms with Gasteiger partial charge in [-0.1, -0.05) is 46.5 Å². The fraction of sp³-hybridized carbons (Fsp3) is 0.679. The number of nitrogens with zero attached hydrogens (tertiary/aromatic N) is 2. The summed E-state index contributed by atoms with van der Waals surface area (Å²) in [4.78, 5) is 39.6. The van der Waals surface area contributed by atoms with Crippen molar-refractivity contribution in [3.05, 3.63) is 35.1 Å². The molecule has 1 saturated heterocycles. The molecule has 1 heterocycles. The molecular weight excluding hydrogens is 513 g/mol. The summed E-state index contributed by atoms with van der Waals surface area (Å²) in [6.45, 7) is 6.35. The first-order chi connectivity index (χ1) is 18.4. The molecule has 3 N–H and O–H groups in total. The highest BCUT2D eigenvalue weighted by Gasteiger charge is 2.38. The molecule has 1 aliphatic carbocycles. The number of likely N-dealkylation sites (tertiary alicyclic amines) is 1. The van der Waals surface area contributed by atoms with Crippen LogP contribution in [0.15, 0.2) is 12.1 Å². The minimum absolute atomic E-state index is 0.0334. The zero-order chi connectivity index (χ0) is 28.7. The highest BCUT2D eigenvalue weighted by Crippen LogP contribution is 2.31. The van der Waals surface area contributed by atoms with E-state index in [0.717, 1.165) is 31.7 Å². The van der Waals surface area contributed by atoms with Gasteiger partial charge in [-0.15, -0.1) is 0 Å². The number of amides is 3. The molecule has 2 aliphatic rings. The van der Waals surface area contributed by atoms with Crippen LogP contribution < -0.4 is 10.6 Å². The molecule has 1 aliphatic heterocycles. The summed E-state index contributed by atoms with van der Waals surface area (Å²) in [5, 5.41) is 16.4. The van der Waals surface area contributed by atoms with Crippen molar-refractivity contribution in [2.24, 2.45) is 17.3 Å². The van der Waals surface area contributed by atoms with Gasteiger partial charge in [0.2, 0.25) is 18.2 Å². The van der Waals surface area contributed by atoms with E-state index < -0.39 is 34.8 Å². The first-order valence-electron chi connectivity index (χ1n) is 13.8. The molecule has 218 valence electrons. The lowest BCUT2D eigenvalue weighted by molar-refractivity contribution is -0.156. The molecule has 0 aromatic heterocycles. The van der Waals surface area contributed by atoms with E-state index >= 15 is 0 Å². The Bertz CT molecular complexity index is 1010. The van der Waals surface area contributed by atoms with E-state index in [1.54, 1.807) is 4.90 Å². The second-order valence-electron chi connectivity index (χ2n) is 12.0. The molecule has 0 unspecified atom stereocenters. The van der Waals surface area contributed by atoms with E-state index in [9.17, 15) is 32.8 Å². The van der Waals surface area contributed by atoms with Crippen LogP contribution in [0.1, 0.15) is 71.3 Å². The molecule has 3 amide bonds. The molecule has 0 radical (unpaired) electrons. The number of benzene rings is 1. The summed E-state index contributed by atoms with van der Waals surface area (Å²) in [7, 11) is 0. The fourth-order valence-electron chi connectivity index (χ4n) is 5.53. The number of hydrogen-bond donors (Lipinski definition) is 3. The summed E-state index contributed by atoms with van der Waals surface area (Å²) in [5.41, 5.74) is -0.556. The zero-order valence-corrected chi connectivity index (χ0v) is 23.0. The van der Waals surface area contributed by atoms with Crippen LogP contribution >= 0.6 is 0 Å². The van der Waals surface area contributed by atoms with Crippen molar-refractivity contribution >= 4 is 18.2 Å². The summed E-state index contributed by atoms with van der Waals surface area (Å²) in [6, 6.07) is 0.529. The topological polar surface area (TPSA) is 102 Å². The Labute approximate surface area is 228 Å². The first kappa shape index (κ1) is 30.9. The van der Waals surface area contributed by atoms with Crippen molar-refractivity contribution in [3.63, 3.8) is 0 Å². The van der Waals surface area contributed by atoms with Crippen molar-refractivity contribution in [3.8, 4) is 0 Å². The van der Waals surface area contributed by atoms with Gasteiger partial charge in [-0.3, -0.25) is 19.6 Å². The van der Waals surface area contributed by atoms with Gasteiger partial charge >= 0.3 is 0 Å². The molecule has 3 rings (SSSR count). The minimum atomic E-state index is -1.23. The van der Waals surface area contributed by atoms with E-state index in [2.05, 4.69) is 10.6 Å². The molecular formula is C28H41F3N4O4. The largest absolute Gasteiger partial charge is 0.344 e. The average molecular weight is 555 g/mol. The summed E-state index contributed by atoms with van der Waals surface area (Å²) >= 11 is 0. The predicted octanol–water partition coefficient (Wildman–Crippen LogP) is 3.76. The Balaban J connectivity index is 1.59. The lowest BCUT2D eigenvalue weighted by Crippen LogP contribution is -2.58. The van der Waals surface area contributed by atoms with Crippen molar-refractivity contribution in [2.45, 2.75) is 84.3 Å². The van der Waals surface area contributed by atoms with E-state index in [-0.39, 0.29) is 42.9 Å². The molecule has 1 aromatic rings. The maximum absolute atomic E-state index is 13.9. The number of hydroxylamine groups is 2. The number of rotatable bonds is 11. The van der Waals surface area contributed by atoms with Crippen LogP contribution in [0.4, 0.5) is 13.2 Å². The summed E-state index contributed by atoms with van der Waals surface area (Å²) in [5.74, 6) is -4.01. The second kappa shape index (κ2) is 13.6. The highest BCUT2D eigenvalue weighted by molar-refractivity contribution is 5.89. The Morgan fingerprint density at radius 1 is 1.08 bits per heavy atom. The molecule has 0 bridgehead atoms. The smallest absolute Gasteiger partial charge is 0.245 e. The van der Waals surface area contributed by atoms with Crippen LogP contribution in [0.3, 0.4) is 0 Å². The van der Waals surface area contributed by atoms with Crippen molar-refractivity contribution in [1.29, 1.82) is 0 Å². The second-order valence-corrected chi connectivity index (χ2v) is 12.0. The number of hydrogen-bond acceptors (Lipinski definition) is 5. The standard InChI is InChI=1S/C28H41F3N4O4/c1-28(2,3)25(33-26(37)20(16-35(39)17-36)12-18-6-4-5-7-18)27(38)34-10-8-21(9-11-34)32-15-19-13-23(30)24(31)14-22(19)29/h13-14,17-18,20-21,25,32,39H,4-12,15-16H2,1-3H3,(H,33,37)/t20-,25+/m0/s1. The van der Waals surface area contributed by atoms with Crippen LogP contribution in [0.25, 0.3) is 0 Å². The van der Waals surface area contributed by atoms with Gasteiger partial charge in [-0.25, -0.2) is 18.2 Å². The Morgan fingerprint density at radius 2 is 1.69 bits per heavy atom. The van der Waals surface area contributed by atoms with Crippen LogP contribution in [0, 0.1) is 34.7 Å². The van der Waals surface area contributed by atoms with Crippen molar-refractivity contribution in [1.82, 2.24) is 20.6 Å². The Morgan fingerprint density at radius 3 is 2.28 bits per heavy atom. The fourth-order valence-corrected chi connectivity index (χ4v) is 5.53. The molecule has 1 aromatic carbocycles. The minimum Gasteiger partial charge on any atom is -0.344 e. The summed E-state index contributed by atoms with van der Waals surface area (Å²) in [6.07, 6.45) is 6.17. The van der Waals surface area contributed by atoms with Gasteiger partial charge in [-0.05, 0) is 36.7 Å². The van der Waals surface area contributed by atoms with Gasteiger partial charge in [0.05, 0.1) is 12.5 Å². The molecule has 39 heavy (non-hydrogen) atoms. The van der Waals surface area contributed by atoms with E-state index in [4.69, 9.17) is 0 Å². The number of piperidine rings is 1. The third kappa shape index (κ3) is 8.66. The van der Waals surface area contributed by atoms with Gasteiger partial charge in [0.15, 0.2) is 11.6 Å². The normalized spacial score (nSPS) is 18.6. The molecule has 1 saturated carbocycles. The summed E-state index contributed by atoms with van der Waals surface area (Å²) < 4.78 is 40.6. The number of carbonyl (C=O) groups excluding carboxylic acids is 3. The lowest BCUT2D eigenvalue weighted by Gasteiger charge is -2.39. The van der Waals surface area contributed by atoms with Crippen LogP contribution in [0.5, 0.6) is 0 Å². The van der Waals surface area contributed by atoms with Gasteiger partial charge in [0.1, 0.15) is 11.9 Å². The molecule has 0 spiro atoms. The van der Waals surface area contributed by atoms with Gasteiger partial charge < -0.3 is 15.5 Å². The SMILES string of the molecule is CC(C)(C)[C@H](NC(=O)[C@@H](CC1CCCC1)CN(O)C=O)C(=O)N1CCC(NCc2cc(F)c(F)cc2F)CC1. The Kier molecular flexibility index (Phi) is 10.8. The van der Waals surface area contributed by atoms with Crippen molar-refractivity contribution in [2.75, 3.05) is 19.6 Å². The molecule has 11 heteroatoms. The number of nitrogens with one attached hydrogen (secondary N) is 2. The van der Waals surface area contributed by atoms with Crippen LogP contribution in [0.2, 0.25) is 0 Å². The van der Waals surface area contributed by atoms with Gasteiger partial charge in [0, 0.05) is 37.3 Å². The molecule has 2 fully saturated rings. The average Bonchev–Trinajstić information content (AvgIpc) is 3.40. The maximum Gasteiger partial charge on any atom is 0.245 e. The van der Waals surface area contributed by atoms with Gasteiger partial charge in [0.25, 0.3) is 0 Å². The Hall–Kier alpha value is -2.66.